The molecule has 110 valence electrons. The van der Waals surface area contributed by atoms with Crippen LogP contribution in [0.1, 0.15) is 25.7 Å². The molecule has 2 aliphatic rings. The second-order valence-corrected chi connectivity index (χ2v) is 7.59. The summed E-state index contributed by atoms with van der Waals surface area (Å²) >= 11 is 0. The SMILES string of the molecule is O=C(CC1CS(=O)(=O)CCN1)N(CCO)C1CCC1. The van der Waals surface area contributed by atoms with Crippen molar-refractivity contribution in [3.63, 3.8) is 0 Å². The van der Waals surface area contributed by atoms with Crippen molar-refractivity contribution in [3.05, 3.63) is 0 Å². The van der Waals surface area contributed by atoms with E-state index in [1.807, 2.05) is 0 Å². The number of hydrogen-bond donors (Lipinski definition) is 2. The lowest BCUT2D eigenvalue weighted by atomic mass is 9.91. The lowest BCUT2D eigenvalue weighted by Crippen LogP contribution is -2.51. The minimum absolute atomic E-state index is 0.0381. The average Bonchev–Trinajstić information content (AvgIpc) is 2.24. The molecule has 19 heavy (non-hydrogen) atoms. The molecule has 1 saturated heterocycles. The summed E-state index contributed by atoms with van der Waals surface area (Å²) in [4.78, 5) is 13.9. The van der Waals surface area contributed by atoms with Gasteiger partial charge in [-0.2, -0.15) is 0 Å². The maximum atomic E-state index is 12.2. The fourth-order valence-corrected chi connectivity index (χ4v) is 4.09. The molecule has 1 saturated carbocycles. The zero-order valence-corrected chi connectivity index (χ0v) is 11.9. The summed E-state index contributed by atoms with van der Waals surface area (Å²) in [5.74, 6) is 0.144. The molecular formula is C12H22N2O4S. The van der Waals surface area contributed by atoms with E-state index >= 15 is 0 Å². The van der Waals surface area contributed by atoms with E-state index in [-0.39, 0.29) is 42.5 Å². The Hall–Kier alpha value is -0.660. The number of hydrogen-bond acceptors (Lipinski definition) is 5. The largest absolute Gasteiger partial charge is 0.395 e. The molecule has 0 bridgehead atoms. The van der Waals surface area contributed by atoms with Crippen LogP contribution in [0.5, 0.6) is 0 Å². The number of nitrogens with one attached hydrogen (secondary N) is 1. The average molecular weight is 290 g/mol. The molecule has 1 atom stereocenters. The van der Waals surface area contributed by atoms with Gasteiger partial charge in [0.05, 0.1) is 18.1 Å². The molecule has 2 N–H and O–H groups in total. The van der Waals surface area contributed by atoms with Crippen molar-refractivity contribution < 1.29 is 18.3 Å². The van der Waals surface area contributed by atoms with E-state index in [1.165, 1.54) is 0 Å². The predicted octanol–water partition coefficient (Wildman–Crippen LogP) is -0.863. The van der Waals surface area contributed by atoms with E-state index in [1.54, 1.807) is 4.90 Å². The van der Waals surface area contributed by atoms with Gasteiger partial charge in [0, 0.05) is 31.6 Å². The molecule has 1 amide bonds. The first-order valence-corrected chi connectivity index (χ1v) is 8.68. The lowest BCUT2D eigenvalue weighted by Gasteiger charge is -2.38. The van der Waals surface area contributed by atoms with E-state index in [4.69, 9.17) is 5.11 Å². The molecule has 1 aliphatic heterocycles. The molecular weight excluding hydrogens is 268 g/mol. The van der Waals surface area contributed by atoms with Crippen molar-refractivity contribution in [2.75, 3.05) is 31.2 Å². The van der Waals surface area contributed by atoms with Crippen LogP contribution in [-0.2, 0) is 14.6 Å². The van der Waals surface area contributed by atoms with Crippen LogP contribution in [0.25, 0.3) is 0 Å². The highest BCUT2D eigenvalue weighted by Crippen LogP contribution is 2.25. The van der Waals surface area contributed by atoms with E-state index < -0.39 is 9.84 Å². The molecule has 0 aromatic heterocycles. The Labute approximate surface area is 114 Å². The molecule has 0 aromatic carbocycles. The smallest absolute Gasteiger partial charge is 0.224 e. The van der Waals surface area contributed by atoms with Gasteiger partial charge in [-0.05, 0) is 19.3 Å². The molecule has 0 spiro atoms. The molecule has 1 aliphatic carbocycles. The highest BCUT2D eigenvalue weighted by atomic mass is 32.2. The maximum Gasteiger partial charge on any atom is 0.224 e. The molecule has 2 rings (SSSR count). The van der Waals surface area contributed by atoms with Crippen LogP contribution in [0.15, 0.2) is 0 Å². The Bertz CT molecular complexity index is 419. The van der Waals surface area contributed by atoms with Crippen LogP contribution >= 0.6 is 0 Å². The van der Waals surface area contributed by atoms with E-state index in [2.05, 4.69) is 5.32 Å². The summed E-state index contributed by atoms with van der Waals surface area (Å²) in [5.41, 5.74) is 0. The van der Waals surface area contributed by atoms with E-state index in [0.29, 0.717) is 13.1 Å². The number of amides is 1. The monoisotopic (exact) mass is 290 g/mol. The molecule has 1 heterocycles. The number of rotatable bonds is 5. The van der Waals surface area contributed by atoms with Crippen LogP contribution in [0.2, 0.25) is 0 Å². The Kier molecular flexibility index (Phi) is 4.81. The Morgan fingerprint density at radius 1 is 1.37 bits per heavy atom. The van der Waals surface area contributed by atoms with Gasteiger partial charge < -0.3 is 15.3 Å². The van der Waals surface area contributed by atoms with Crippen molar-refractivity contribution in [1.29, 1.82) is 0 Å². The highest BCUT2D eigenvalue weighted by molar-refractivity contribution is 7.91. The molecule has 0 aromatic rings. The van der Waals surface area contributed by atoms with Crippen molar-refractivity contribution in [3.8, 4) is 0 Å². The minimum Gasteiger partial charge on any atom is -0.395 e. The Balaban J connectivity index is 1.90. The van der Waals surface area contributed by atoms with Crippen molar-refractivity contribution in [1.82, 2.24) is 10.2 Å². The molecule has 0 radical (unpaired) electrons. The van der Waals surface area contributed by atoms with Gasteiger partial charge in [0.15, 0.2) is 9.84 Å². The van der Waals surface area contributed by atoms with Crippen LogP contribution in [0.4, 0.5) is 0 Å². The normalized spacial score (nSPS) is 26.7. The number of sulfone groups is 1. The topological polar surface area (TPSA) is 86.7 Å². The van der Waals surface area contributed by atoms with Gasteiger partial charge in [-0.25, -0.2) is 8.42 Å². The third kappa shape index (κ3) is 3.90. The second-order valence-electron chi connectivity index (χ2n) is 5.36. The van der Waals surface area contributed by atoms with Crippen molar-refractivity contribution in [2.24, 2.45) is 0 Å². The van der Waals surface area contributed by atoms with Crippen LogP contribution in [-0.4, -0.2) is 67.6 Å². The zero-order valence-electron chi connectivity index (χ0n) is 11.0. The van der Waals surface area contributed by atoms with Crippen LogP contribution in [0.3, 0.4) is 0 Å². The van der Waals surface area contributed by atoms with Crippen LogP contribution in [0, 0.1) is 0 Å². The number of aliphatic hydroxyl groups is 1. The first-order valence-electron chi connectivity index (χ1n) is 6.86. The fraction of sp³-hybridized carbons (Fsp3) is 0.917. The fourth-order valence-electron chi connectivity index (χ4n) is 2.64. The quantitative estimate of drug-likeness (QED) is 0.688. The summed E-state index contributed by atoms with van der Waals surface area (Å²) in [7, 11) is -3.01. The van der Waals surface area contributed by atoms with Gasteiger partial charge in [0.2, 0.25) is 5.91 Å². The first kappa shape index (κ1) is 14.7. The van der Waals surface area contributed by atoms with Crippen molar-refractivity contribution in [2.45, 2.75) is 37.8 Å². The number of carbonyl (C=O) groups excluding carboxylic acids is 1. The summed E-state index contributed by atoms with van der Waals surface area (Å²) in [6.07, 6.45) is 3.30. The molecule has 6 nitrogen and oxygen atoms in total. The Morgan fingerprint density at radius 3 is 2.63 bits per heavy atom. The third-order valence-electron chi connectivity index (χ3n) is 3.90. The van der Waals surface area contributed by atoms with E-state index in [9.17, 15) is 13.2 Å². The Morgan fingerprint density at radius 2 is 2.11 bits per heavy atom. The van der Waals surface area contributed by atoms with Gasteiger partial charge in [-0.15, -0.1) is 0 Å². The highest BCUT2D eigenvalue weighted by Gasteiger charge is 2.32. The summed E-state index contributed by atoms with van der Waals surface area (Å²) < 4.78 is 23.1. The number of carbonyl (C=O) groups is 1. The van der Waals surface area contributed by atoms with Gasteiger partial charge in [-0.3, -0.25) is 4.79 Å². The number of aliphatic hydroxyl groups excluding tert-OH is 1. The van der Waals surface area contributed by atoms with Crippen molar-refractivity contribution >= 4 is 15.7 Å². The van der Waals surface area contributed by atoms with E-state index in [0.717, 1.165) is 19.3 Å². The maximum absolute atomic E-state index is 12.2. The third-order valence-corrected chi connectivity index (χ3v) is 5.64. The summed E-state index contributed by atoms with van der Waals surface area (Å²) in [5, 5.41) is 12.1. The molecule has 2 fully saturated rings. The summed E-state index contributed by atoms with van der Waals surface area (Å²) in [6.45, 7) is 0.727. The lowest BCUT2D eigenvalue weighted by molar-refractivity contribution is -0.136. The first-order chi connectivity index (χ1) is 9.02. The van der Waals surface area contributed by atoms with Gasteiger partial charge in [0.1, 0.15) is 0 Å². The second kappa shape index (κ2) is 6.19. The van der Waals surface area contributed by atoms with Gasteiger partial charge in [-0.1, -0.05) is 0 Å². The molecule has 7 heteroatoms. The zero-order chi connectivity index (χ0) is 13.9. The molecule has 1 unspecified atom stereocenters. The standard InChI is InChI=1S/C12H22N2O4S/c15-6-5-14(11-2-1-3-11)12(16)8-10-9-19(17,18)7-4-13-10/h10-11,13,15H,1-9H2. The van der Waals surface area contributed by atoms with Gasteiger partial charge in [0.25, 0.3) is 0 Å². The van der Waals surface area contributed by atoms with Crippen LogP contribution < -0.4 is 5.32 Å². The summed E-state index contributed by atoms with van der Waals surface area (Å²) in [6, 6.07) is -0.0487. The van der Waals surface area contributed by atoms with Gasteiger partial charge >= 0.3 is 0 Å². The predicted molar refractivity (Wildman–Crippen MR) is 71.5 cm³/mol. The number of nitrogens with zero attached hydrogens (tertiary/aromatic N) is 1. The minimum atomic E-state index is -3.01.